The first-order valence-electron chi connectivity index (χ1n) is 2.86. The van der Waals surface area contributed by atoms with Crippen LogP contribution in [0.4, 0.5) is 0 Å². The van der Waals surface area contributed by atoms with Gasteiger partial charge in [-0.1, -0.05) is 13.0 Å². The van der Waals surface area contributed by atoms with Gasteiger partial charge >= 0.3 is 0 Å². The second-order valence-electron chi connectivity index (χ2n) is 1.35. The van der Waals surface area contributed by atoms with Gasteiger partial charge in [0.25, 0.3) is 0 Å². The summed E-state index contributed by atoms with van der Waals surface area (Å²) in [7, 11) is 3.23. The molecule has 0 amide bonds. The summed E-state index contributed by atoms with van der Waals surface area (Å²) in [5.74, 6) is 0. The summed E-state index contributed by atoms with van der Waals surface area (Å²) >= 11 is 0. The van der Waals surface area contributed by atoms with Crippen molar-refractivity contribution in [3.8, 4) is 0 Å². The van der Waals surface area contributed by atoms with Gasteiger partial charge in [0.05, 0.1) is 0 Å². The highest BCUT2D eigenvalue weighted by atomic mass is 29.5. The SMILES string of the molecule is CC[SiH2][SiH2][SiH3].O[SiH3]. The minimum absolute atomic E-state index is 0.306. The highest BCUT2D eigenvalue weighted by Crippen LogP contribution is 1.63. The van der Waals surface area contributed by atoms with Crippen LogP contribution < -0.4 is 0 Å². The van der Waals surface area contributed by atoms with E-state index in [2.05, 4.69) is 6.92 Å². The van der Waals surface area contributed by atoms with Crippen LogP contribution in [0.1, 0.15) is 6.92 Å². The molecule has 0 unspecified atom stereocenters. The van der Waals surface area contributed by atoms with E-state index in [1.807, 2.05) is 0 Å². The highest BCUT2D eigenvalue weighted by Gasteiger charge is 1.71. The first-order chi connectivity index (χ1) is 3.41. The molecule has 0 aliphatic rings. The van der Waals surface area contributed by atoms with Gasteiger partial charge in [-0.25, -0.2) is 0 Å². The molecule has 0 saturated heterocycles. The maximum atomic E-state index is 7.14. The van der Waals surface area contributed by atoms with E-state index >= 15 is 0 Å². The lowest BCUT2D eigenvalue weighted by Gasteiger charge is -1.76. The molecule has 0 aromatic rings. The topological polar surface area (TPSA) is 20.2 Å². The molecule has 0 aliphatic heterocycles. The molecule has 5 heteroatoms. The monoisotopic (exact) mass is 168 g/mol. The van der Waals surface area contributed by atoms with Crippen LogP contribution in [0.3, 0.4) is 0 Å². The third-order valence-corrected chi connectivity index (χ3v) is 12.7. The van der Waals surface area contributed by atoms with Gasteiger partial charge in [-0.05, 0) is 18.3 Å². The van der Waals surface area contributed by atoms with Crippen LogP contribution in [-0.2, 0) is 0 Å². The van der Waals surface area contributed by atoms with Crippen molar-refractivity contribution in [2.45, 2.75) is 13.0 Å². The normalized spacial score (nSPS) is 11.1. The van der Waals surface area contributed by atoms with Crippen molar-refractivity contribution in [3.05, 3.63) is 0 Å². The molecule has 46 valence electrons. The number of hydrogen-bond acceptors (Lipinski definition) is 1. The van der Waals surface area contributed by atoms with Crippen molar-refractivity contribution >= 4 is 37.8 Å². The van der Waals surface area contributed by atoms with Gasteiger partial charge in [-0.2, -0.15) is 0 Å². The molecule has 1 N–H and O–H groups in total. The van der Waals surface area contributed by atoms with Gasteiger partial charge in [0, 0.05) is 9.04 Å². The molecule has 0 aliphatic carbocycles. The molecular weight excluding hydrogens is 152 g/mol. The average molecular weight is 168 g/mol. The zero-order valence-corrected chi connectivity index (χ0v) is 12.4. The molecule has 0 spiro atoms. The first kappa shape index (κ1) is 10.7. The standard InChI is InChI=1S/C2H12Si3.H4OSi/c1-2-4-5-3;1-2/h2,4-5H2,1,3H3;1H,2H3. The van der Waals surface area contributed by atoms with Crippen molar-refractivity contribution in [2.24, 2.45) is 0 Å². The van der Waals surface area contributed by atoms with Gasteiger partial charge in [0.15, 0.2) is 0 Å². The van der Waals surface area contributed by atoms with Crippen molar-refractivity contribution in [1.29, 1.82) is 0 Å². The molecule has 0 fully saturated rings. The van der Waals surface area contributed by atoms with Crippen molar-refractivity contribution < 1.29 is 4.80 Å². The lowest BCUT2D eigenvalue weighted by Crippen LogP contribution is -1.98. The van der Waals surface area contributed by atoms with E-state index in [4.69, 9.17) is 4.80 Å². The van der Waals surface area contributed by atoms with Crippen LogP contribution in [-0.4, -0.2) is 42.6 Å². The second-order valence-corrected chi connectivity index (χ2v) is 18.2. The van der Waals surface area contributed by atoms with Crippen LogP contribution in [0.2, 0.25) is 6.04 Å². The molecule has 0 bridgehead atoms. The Morgan fingerprint density at radius 1 is 1.57 bits per heavy atom. The summed E-state index contributed by atoms with van der Waals surface area (Å²) in [6.07, 6.45) is 0. The summed E-state index contributed by atoms with van der Waals surface area (Å²) in [4.78, 5) is 7.14. The van der Waals surface area contributed by atoms with Crippen molar-refractivity contribution in [3.63, 3.8) is 0 Å². The third kappa shape index (κ3) is 19.9. The molecule has 0 aromatic heterocycles. The fraction of sp³-hybridized carbons (Fsp3) is 1.00. The van der Waals surface area contributed by atoms with Gasteiger partial charge in [-0.3, -0.25) is 0 Å². The van der Waals surface area contributed by atoms with Gasteiger partial charge in [0.1, 0.15) is 10.5 Å². The summed E-state index contributed by atoms with van der Waals surface area (Å²) in [5, 5.41) is 0. The summed E-state index contributed by atoms with van der Waals surface area (Å²) in [6, 6.07) is 1.58. The third-order valence-electron chi connectivity index (χ3n) is 0.707. The average Bonchev–Trinajstić information content (AvgIpc) is 1.75. The zero-order chi connectivity index (χ0) is 6.12. The maximum Gasteiger partial charge on any atom is 0.141 e. The van der Waals surface area contributed by atoms with E-state index in [1.165, 1.54) is 0 Å². The zero-order valence-electron chi connectivity index (χ0n) is 5.57. The minimum Gasteiger partial charge on any atom is -0.442 e. The first-order valence-corrected chi connectivity index (χ1v) is 14.4. The molecule has 0 saturated carbocycles. The molecule has 0 atom stereocenters. The Bertz CT molecular complexity index is 17.2. The summed E-state index contributed by atoms with van der Waals surface area (Å²) in [6.45, 7) is 2.33. The molecule has 0 aromatic carbocycles. The van der Waals surface area contributed by atoms with Gasteiger partial charge < -0.3 is 4.80 Å². The lowest BCUT2D eigenvalue weighted by atomic mass is 11.0. The van der Waals surface area contributed by atoms with E-state index in [-0.39, 0.29) is 0 Å². The van der Waals surface area contributed by atoms with Crippen molar-refractivity contribution in [2.75, 3.05) is 0 Å². The van der Waals surface area contributed by atoms with Crippen LogP contribution >= 0.6 is 0 Å². The highest BCUT2D eigenvalue weighted by molar-refractivity contribution is 7.23. The lowest BCUT2D eigenvalue weighted by molar-refractivity contribution is 0.629. The van der Waals surface area contributed by atoms with Gasteiger partial charge in [-0.15, -0.1) is 0 Å². The molecule has 0 rings (SSSR count). The van der Waals surface area contributed by atoms with E-state index in [0.29, 0.717) is 28.1 Å². The van der Waals surface area contributed by atoms with E-state index in [1.54, 1.807) is 15.8 Å². The second kappa shape index (κ2) is 15.8. The minimum atomic E-state index is 0.306. The predicted molar refractivity (Wildman–Crippen MR) is 49.7 cm³/mol. The van der Waals surface area contributed by atoms with E-state index < -0.39 is 0 Å². The molecule has 1 nitrogen and oxygen atoms in total. The maximum absolute atomic E-state index is 7.14. The Morgan fingerprint density at radius 3 is 2.00 bits per heavy atom. The predicted octanol–water partition coefficient (Wildman–Crippen LogP) is -3.78. The Kier molecular flexibility index (Phi) is 24.3. The molecule has 7 heavy (non-hydrogen) atoms. The smallest absolute Gasteiger partial charge is 0.141 e. The fourth-order valence-corrected chi connectivity index (χ4v) is 9.55. The summed E-state index contributed by atoms with van der Waals surface area (Å²) in [5.41, 5.74) is 0. The Morgan fingerprint density at radius 2 is 2.00 bits per heavy atom. The van der Waals surface area contributed by atoms with Gasteiger partial charge in [0.2, 0.25) is 0 Å². The molecule has 0 heterocycles. The van der Waals surface area contributed by atoms with Crippen LogP contribution in [0, 0.1) is 0 Å². The Balaban J connectivity index is 0. The van der Waals surface area contributed by atoms with Crippen molar-refractivity contribution in [1.82, 2.24) is 0 Å². The Hall–Kier alpha value is 0.828. The number of rotatable bonds is 2. The Labute approximate surface area is 56.1 Å². The largest absolute Gasteiger partial charge is 0.442 e. The molecule has 0 radical (unpaired) electrons. The molecular formula is C2H16OSi4. The van der Waals surface area contributed by atoms with Crippen LogP contribution in [0.25, 0.3) is 0 Å². The van der Waals surface area contributed by atoms with Crippen LogP contribution in [0.5, 0.6) is 0 Å². The van der Waals surface area contributed by atoms with E-state index in [9.17, 15) is 0 Å². The van der Waals surface area contributed by atoms with Crippen LogP contribution in [0.15, 0.2) is 0 Å². The van der Waals surface area contributed by atoms with E-state index in [0.717, 1.165) is 0 Å². The summed E-state index contributed by atoms with van der Waals surface area (Å²) < 4.78 is 0. The quantitative estimate of drug-likeness (QED) is 0.420. The fourth-order valence-electron chi connectivity index (χ4n) is 0.354. The number of hydrogen-bond donors (Lipinski definition) is 1.